The van der Waals surface area contributed by atoms with Gasteiger partial charge < -0.3 is 42.1 Å². The molecule has 0 fully saturated rings. The first-order valence-electron chi connectivity index (χ1n) is 13.1. The maximum absolute atomic E-state index is 13.5. The lowest BCUT2D eigenvalue weighted by atomic mass is 10.0. The molecule has 0 saturated heterocycles. The van der Waals surface area contributed by atoms with Gasteiger partial charge in [0.25, 0.3) is 0 Å². The van der Waals surface area contributed by atoms with Crippen molar-refractivity contribution in [3.8, 4) is 11.5 Å². The fourth-order valence-corrected chi connectivity index (χ4v) is 4.38. The Bertz CT molecular complexity index is 1220. The van der Waals surface area contributed by atoms with Crippen molar-refractivity contribution >= 4 is 41.4 Å². The molecule has 0 heterocycles. The molecule has 42 heavy (non-hydrogen) atoms. The highest BCUT2D eigenvalue weighted by Crippen LogP contribution is 2.14. The number of carbonyl (C=O) groups excluding carboxylic acids is 3. The highest BCUT2D eigenvalue weighted by molar-refractivity contribution is 7.98. The number of carboxylic acid groups (broad SMARTS) is 2. The fraction of sp³-hybridized carbons (Fsp3) is 0.393. The smallest absolute Gasteiger partial charge is 0.326 e. The summed E-state index contributed by atoms with van der Waals surface area (Å²) in [7, 11) is 0. The molecule has 0 aliphatic carbocycles. The Morgan fingerprint density at radius 2 is 1.19 bits per heavy atom. The molecular weight excluding hydrogens is 568 g/mol. The van der Waals surface area contributed by atoms with Crippen LogP contribution >= 0.6 is 11.8 Å². The first-order valence-corrected chi connectivity index (χ1v) is 14.4. The van der Waals surface area contributed by atoms with Crippen molar-refractivity contribution in [1.82, 2.24) is 16.0 Å². The number of aliphatic carboxylic acids is 2. The summed E-state index contributed by atoms with van der Waals surface area (Å²) >= 11 is 1.39. The van der Waals surface area contributed by atoms with Crippen LogP contribution in [0.4, 0.5) is 0 Å². The van der Waals surface area contributed by atoms with Gasteiger partial charge in [-0.25, -0.2) is 4.79 Å². The van der Waals surface area contributed by atoms with E-state index < -0.39 is 60.2 Å². The number of nitrogens with one attached hydrogen (secondary N) is 3. The van der Waals surface area contributed by atoms with Crippen molar-refractivity contribution in [1.29, 1.82) is 0 Å². The second-order valence-corrected chi connectivity index (χ2v) is 10.6. The van der Waals surface area contributed by atoms with Crippen LogP contribution in [0.3, 0.4) is 0 Å². The number of hydrogen-bond acceptors (Lipinski definition) is 9. The van der Waals surface area contributed by atoms with Gasteiger partial charge in [-0.3, -0.25) is 19.2 Å². The number of nitrogens with two attached hydrogens (primary N) is 1. The third-order valence-corrected chi connectivity index (χ3v) is 6.89. The fourth-order valence-electron chi connectivity index (χ4n) is 3.91. The summed E-state index contributed by atoms with van der Waals surface area (Å²) in [5.74, 6) is -4.34. The highest BCUT2D eigenvalue weighted by atomic mass is 32.2. The Hall–Kier alpha value is -4.30. The Morgan fingerprint density at radius 1 is 0.714 bits per heavy atom. The van der Waals surface area contributed by atoms with Crippen LogP contribution in [-0.4, -0.2) is 86.3 Å². The zero-order valence-corrected chi connectivity index (χ0v) is 23.8. The zero-order chi connectivity index (χ0) is 31.2. The van der Waals surface area contributed by atoms with Gasteiger partial charge in [0.05, 0.1) is 6.04 Å². The Kier molecular flexibility index (Phi) is 13.6. The molecule has 0 bridgehead atoms. The Balaban J connectivity index is 2.22. The van der Waals surface area contributed by atoms with Crippen LogP contribution in [0.15, 0.2) is 48.5 Å². The van der Waals surface area contributed by atoms with Gasteiger partial charge in [-0.15, -0.1) is 0 Å². The number of rotatable bonds is 17. The normalized spacial score (nSPS) is 13.7. The van der Waals surface area contributed by atoms with E-state index >= 15 is 0 Å². The molecule has 2 aromatic carbocycles. The molecule has 0 aromatic heterocycles. The maximum atomic E-state index is 13.5. The standard InChI is InChI=1S/C28H36N4O9S/c1-42-13-12-21(26(38)31-22(28(40)41)10-11-24(35)36)30-27(39)23(15-17-4-8-19(34)9-5-17)32-25(37)20(29)14-16-2-6-18(33)7-3-16/h2-9,20-23,33-34H,10-15,29H2,1H3,(H,30,39)(H,31,38)(H,32,37)(H,35,36)(H,40,41). The molecule has 13 nitrogen and oxygen atoms in total. The van der Waals surface area contributed by atoms with Gasteiger partial charge in [0.1, 0.15) is 29.6 Å². The average Bonchev–Trinajstić information content (AvgIpc) is 2.94. The molecule has 3 amide bonds. The van der Waals surface area contributed by atoms with Crippen LogP contribution in [0.5, 0.6) is 11.5 Å². The minimum atomic E-state index is -1.48. The van der Waals surface area contributed by atoms with E-state index in [4.69, 9.17) is 10.8 Å². The molecule has 0 radical (unpaired) electrons. The third kappa shape index (κ3) is 11.7. The van der Waals surface area contributed by atoms with Crippen LogP contribution in [0.2, 0.25) is 0 Å². The average molecular weight is 605 g/mol. The van der Waals surface area contributed by atoms with Gasteiger partial charge in [0.2, 0.25) is 17.7 Å². The minimum absolute atomic E-state index is 0.00407. The van der Waals surface area contributed by atoms with Crippen LogP contribution in [0.25, 0.3) is 0 Å². The summed E-state index contributed by atoms with van der Waals surface area (Å²) < 4.78 is 0. The van der Waals surface area contributed by atoms with E-state index in [1.165, 1.54) is 36.0 Å². The number of aromatic hydroxyl groups is 2. The van der Waals surface area contributed by atoms with E-state index in [2.05, 4.69) is 16.0 Å². The van der Waals surface area contributed by atoms with Crippen molar-refractivity contribution in [2.24, 2.45) is 5.73 Å². The number of phenolic OH excluding ortho intramolecular Hbond substituents is 2. The van der Waals surface area contributed by atoms with Crippen molar-refractivity contribution in [2.75, 3.05) is 12.0 Å². The summed E-state index contributed by atoms with van der Waals surface area (Å²) in [5, 5.41) is 44.9. The van der Waals surface area contributed by atoms with Gasteiger partial charge in [-0.2, -0.15) is 11.8 Å². The summed E-state index contributed by atoms with van der Waals surface area (Å²) in [6.07, 6.45) is 1.18. The Labute approximate surface area is 246 Å². The van der Waals surface area contributed by atoms with Crippen molar-refractivity contribution < 1.29 is 44.4 Å². The number of phenols is 2. The predicted octanol–water partition coefficient (Wildman–Crippen LogP) is 0.367. The van der Waals surface area contributed by atoms with Crippen molar-refractivity contribution in [2.45, 2.75) is 56.3 Å². The van der Waals surface area contributed by atoms with E-state index in [1.54, 1.807) is 30.5 Å². The van der Waals surface area contributed by atoms with Gasteiger partial charge >= 0.3 is 11.9 Å². The topological polar surface area (TPSA) is 228 Å². The number of carbonyl (C=O) groups is 5. The third-order valence-electron chi connectivity index (χ3n) is 6.24. The van der Waals surface area contributed by atoms with E-state index in [1.807, 2.05) is 0 Å². The molecule has 9 N–H and O–H groups in total. The number of amides is 3. The molecule has 0 aliphatic heterocycles. The molecule has 0 saturated carbocycles. The molecule has 4 unspecified atom stereocenters. The van der Waals surface area contributed by atoms with E-state index in [0.717, 1.165) is 0 Å². The van der Waals surface area contributed by atoms with Crippen molar-refractivity contribution in [3.63, 3.8) is 0 Å². The zero-order valence-electron chi connectivity index (χ0n) is 23.0. The van der Waals surface area contributed by atoms with E-state index in [0.29, 0.717) is 16.9 Å². The van der Waals surface area contributed by atoms with Gasteiger partial charge in [-0.05, 0) is 66.7 Å². The van der Waals surface area contributed by atoms with Crippen LogP contribution in [0, 0.1) is 0 Å². The highest BCUT2D eigenvalue weighted by Gasteiger charge is 2.30. The quantitative estimate of drug-likeness (QED) is 0.123. The molecule has 2 aromatic rings. The summed E-state index contributed by atoms with van der Waals surface area (Å²) in [6, 6.07) is 7.19. The molecule has 14 heteroatoms. The van der Waals surface area contributed by atoms with Crippen LogP contribution < -0.4 is 21.7 Å². The largest absolute Gasteiger partial charge is 0.508 e. The number of hydrogen-bond donors (Lipinski definition) is 8. The van der Waals surface area contributed by atoms with Crippen LogP contribution in [0.1, 0.15) is 30.4 Å². The first kappa shape index (κ1) is 33.9. The van der Waals surface area contributed by atoms with Gasteiger partial charge in [-0.1, -0.05) is 24.3 Å². The van der Waals surface area contributed by atoms with Gasteiger partial charge in [0.15, 0.2) is 0 Å². The summed E-state index contributed by atoms with van der Waals surface area (Å²) in [6.45, 7) is 0. The lowest BCUT2D eigenvalue weighted by molar-refractivity contribution is -0.143. The molecule has 228 valence electrons. The van der Waals surface area contributed by atoms with Crippen molar-refractivity contribution in [3.05, 3.63) is 59.7 Å². The second kappa shape index (κ2) is 16.8. The van der Waals surface area contributed by atoms with Crippen LogP contribution in [-0.2, 0) is 36.8 Å². The lowest BCUT2D eigenvalue weighted by Gasteiger charge is -2.25. The number of carboxylic acids is 2. The SMILES string of the molecule is CSCCC(NC(=O)C(Cc1ccc(O)cc1)NC(=O)C(N)Cc1ccc(O)cc1)C(=O)NC(CCC(=O)O)C(=O)O. The van der Waals surface area contributed by atoms with E-state index in [-0.39, 0.29) is 37.2 Å². The Morgan fingerprint density at radius 3 is 1.69 bits per heavy atom. The number of benzene rings is 2. The first-order chi connectivity index (χ1) is 19.9. The minimum Gasteiger partial charge on any atom is -0.508 e. The predicted molar refractivity (Wildman–Crippen MR) is 155 cm³/mol. The molecule has 2 rings (SSSR count). The lowest BCUT2D eigenvalue weighted by Crippen LogP contribution is -2.58. The molecule has 0 aliphatic rings. The summed E-state index contributed by atoms with van der Waals surface area (Å²) in [5.41, 5.74) is 7.36. The maximum Gasteiger partial charge on any atom is 0.326 e. The van der Waals surface area contributed by atoms with E-state index in [9.17, 15) is 39.3 Å². The summed E-state index contributed by atoms with van der Waals surface area (Å²) in [4.78, 5) is 62.0. The monoisotopic (exact) mass is 604 g/mol. The molecule has 4 atom stereocenters. The molecule has 0 spiro atoms. The second-order valence-electron chi connectivity index (χ2n) is 9.58. The van der Waals surface area contributed by atoms with Gasteiger partial charge in [0, 0.05) is 12.8 Å². The number of thioether (sulfide) groups is 1. The molecular formula is C28H36N4O9S.